The molecule has 15 heavy (non-hydrogen) atoms. The Morgan fingerprint density at radius 1 is 1.60 bits per heavy atom. The fourth-order valence-corrected chi connectivity index (χ4v) is 2.46. The van der Waals surface area contributed by atoms with Gasteiger partial charge in [0, 0.05) is 0 Å². The van der Waals surface area contributed by atoms with Crippen molar-refractivity contribution in [2.45, 2.75) is 38.6 Å². The van der Waals surface area contributed by atoms with Crippen molar-refractivity contribution in [3.8, 4) is 12.3 Å². The molecule has 0 saturated heterocycles. The lowest BCUT2D eigenvalue weighted by Gasteiger charge is -2.42. The Kier molecular flexibility index (Phi) is 3.76. The summed E-state index contributed by atoms with van der Waals surface area (Å²) in [5.41, 5.74) is -0.815. The minimum absolute atomic E-state index is 0.138. The van der Waals surface area contributed by atoms with Crippen molar-refractivity contribution >= 4 is 5.97 Å². The van der Waals surface area contributed by atoms with Gasteiger partial charge in [-0.25, -0.2) is 0 Å². The van der Waals surface area contributed by atoms with Crippen molar-refractivity contribution < 1.29 is 9.90 Å². The monoisotopic (exact) mass is 209 g/mol. The van der Waals surface area contributed by atoms with Crippen LogP contribution in [0.2, 0.25) is 0 Å². The largest absolute Gasteiger partial charge is 0.480 e. The second kappa shape index (κ2) is 4.67. The maximum absolute atomic E-state index is 11.4. The fraction of sp³-hybridized carbons (Fsp3) is 0.750. The Balaban J connectivity index is 2.86. The van der Waals surface area contributed by atoms with E-state index in [1.807, 2.05) is 6.92 Å². The van der Waals surface area contributed by atoms with Gasteiger partial charge in [-0.05, 0) is 24.7 Å². The number of hydrogen-bond donors (Lipinski definition) is 2. The van der Waals surface area contributed by atoms with E-state index in [0.717, 1.165) is 12.8 Å². The van der Waals surface area contributed by atoms with Gasteiger partial charge in [0.05, 0.1) is 6.54 Å². The smallest absolute Gasteiger partial charge is 0.324 e. The van der Waals surface area contributed by atoms with Crippen LogP contribution in [0.15, 0.2) is 0 Å². The van der Waals surface area contributed by atoms with Crippen LogP contribution >= 0.6 is 0 Å². The number of terminal acetylenes is 1. The van der Waals surface area contributed by atoms with Crippen LogP contribution in [0, 0.1) is 24.2 Å². The van der Waals surface area contributed by atoms with E-state index in [9.17, 15) is 9.90 Å². The lowest BCUT2D eigenvalue weighted by molar-refractivity contribution is -0.149. The molecule has 1 saturated carbocycles. The molecule has 3 atom stereocenters. The highest BCUT2D eigenvalue weighted by Gasteiger charge is 2.46. The third kappa shape index (κ3) is 2.32. The van der Waals surface area contributed by atoms with E-state index < -0.39 is 11.5 Å². The first-order valence-corrected chi connectivity index (χ1v) is 5.45. The van der Waals surface area contributed by atoms with Crippen LogP contribution in [-0.2, 0) is 4.79 Å². The highest BCUT2D eigenvalue weighted by atomic mass is 16.4. The van der Waals surface area contributed by atoms with Gasteiger partial charge in [0.15, 0.2) is 0 Å². The molecule has 0 radical (unpaired) electrons. The summed E-state index contributed by atoms with van der Waals surface area (Å²) in [7, 11) is 0. The molecule has 0 aliphatic heterocycles. The topological polar surface area (TPSA) is 49.3 Å². The van der Waals surface area contributed by atoms with Gasteiger partial charge in [0.25, 0.3) is 0 Å². The molecule has 1 aliphatic carbocycles. The van der Waals surface area contributed by atoms with Crippen LogP contribution in [0.25, 0.3) is 0 Å². The summed E-state index contributed by atoms with van der Waals surface area (Å²) in [4.78, 5) is 11.4. The summed E-state index contributed by atoms with van der Waals surface area (Å²) in [6, 6.07) is 0. The summed E-state index contributed by atoms with van der Waals surface area (Å²) in [5, 5.41) is 12.4. The van der Waals surface area contributed by atoms with E-state index >= 15 is 0 Å². The predicted molar refractivity (Wildman–Crippen MR) is 59.4 cm³/mol. The number of carboxylic acids is 1. The molecule has 1 aliphatic rings. The molecule has 2 N–H and O–H groups in total. The molecule has 0 heterocycles. The normalized spacial score (nSPS) is 35.8. The van der Waals surface area contributed by atoms with Gasteiger partial charge in [-0.15, -0.1) is 6.42 Å². The summed E-state index contributed by atoms with van der Waals surface area (Å²) < 4.78 is 0. The Morgan fingerprint density at radius 2 is 2.27 bits per heavy atom. The maximum Gasteiger partial charge on any atom is 0.324 e. The summed E-state index contributed by atoms with van der Waals surface area (Å²) in [5.74, 6) is 2.27. The summed E-state index contributed by atoms with van der Waals surface area (Å²) >= 11 is 0. The SMILES string of the molecule is C#CCNC1(C(=O)O)CC(C)CCC1C. The molecule has 3 nitrogen and oxygen atoms in total. The van der Waals surface area contributed by atoms with Gasteiger partial charge < -0.3 is 5.11 Å². The molecule has 0 amide bonds. The van der Waals surface area contributed by atoms with Crippen molar-refractivity contribution in [3.05, 3.63) is 0 Å². The first kappa shape index (κ1) is 12.1. The predicted octanol–water partition coefficient (Wildman–Crippen LogP) is 1.49. The zero-order valence-corrected chi connectivity index (χ0v) is 9.42. The molecule has 0 aromatic rings. The van der Waals surface area contributed by atoms with E-state index in [4.69, 9.17) is 6.42 Å². The first-order valence-electron chi connectivity index (χ1n) is 5.45. The second-order valence-corrected chi connectivity index (χ2v) is 4.62. The van der Waals surface area contributed by atoms with Crippen molar-refractivity contribution in [1.29, 1.82) is 0 Å². The minimum Gasteiger partial charge on any atom is -0.480 e. The molecule has 1 rings (SSSR count). The van der Waals surface area contributed by atoms with Crippen LogP contribution in [0.4, 0.5) is 0 Å². The molecular weight excluding hydrogens is 190 g/mol. The van der Waals surface area contributed by atoms with E-state index in [1.54, 1.807) is 0 Å². The van der Waals surface area contributed by atoms with Crippen LogP contribution < -0.4 is 5.32 Å². The molecule has 3 heteroatoms. The van der Waals surface area contributed by atoms with Gasteiger partial charge in [-0.3, -0.25) is 10.1 Å². The zero-order valence-electron chi connectivity index (χ0n) is 9.42. The van der Waals surface area contributed by atoms with Crippen LogP contribution in [0.5, 0.6) is 0 Å². The third-order valence-electron chi connectivity index (χ3n) is 3.49. The average molecular weight is 209 g/mol. The Hall–Kier alpha value is -1.01. The molecule has 0 aromatic heterocycles. The number of rotatable bonds is 3. The average Bonchev–Trinajstić information content (AvgIpc) is 2.19. The highest BCUT2D eigenvalue weighted by molar-refractivity contribution is 5.79. The highest BCUT2D eigenvalue weighted by Crippen LogP contribution is 2.37. The molecule has 3 unspecified atom stereocenters. The van der Waals surface area contributed by atoms with Gasteiger partial charge in [0.1, 0.15) is 5.54 Å². The number of aliphatic carboxylic acids is 1. The van der Waals surface area contributed by atoms with E-state index in [1.165, 1.54) is 0 Å². The van der Waals surface area contributed by atoms with Gasteiger partial charge in [0.2, 0.25) is 0 Å². The minimum atomic E-state index is -0.815. The van der Waals surface area contributed by atoms with Crippen LogP contribution in [0.1, 0.15) is 33.1 Å². The molecule has 0 aromatic carbocycles. The summed E-state index contributed by atoms with van der Waals surface area (Å²) in [6.45, 7) is 4.41. The summed E-state index contributed by atoms with van der Waals surface area (Å²) in [6.07, 6.45) is 7.91. The Bertz CT molecular complexity index is 282. The first-order chi connectivity index (χ1) is 7.03. The van der Waals surface area contributed by atoms with E-state index in [0.29, 0.717) is 18.9 Å². The van der Waals surface area contributed by atoms with Crippen molar-refractivity contribution in [2.75, 3.05) is 6.54 Å². The van der Waals surface area contributed by atoms with E-state index in [-0.39, 0.29) is 5.92 Å². The number of nitrogens with one attached hydrogen (secondary N) is 1. The van der Waals surface area contributed by atoms with E-state index in [2.05, 4.69) is 18.2 Å². The third-order valence-corrected chi connectivity index (χ3v) is 3.49. The zero-order chi connectivity index (χ0) is 11.5. The number of hydrogen-bond acceptors (Lipinski definition) is 2. The fourth-order valence-electron chi connectivity index (χ4n) is 2.46. The number of carbonyl (C=O) groups is 1. The molecule has 84 valence electrons. The standard InChI is InChI=1S/C12H19NO2/c1-4-7-13-12(11(14)15)8-9(2)5-6-10(12)3/h1,9-10,13H,5-8H2,2-3H3,(H,14,15). The van der Waals surface area contributed by atoms with Gasteiger partial charge in [-0.2, -0.15) is 0 Å². The van der Waals surface area contributed by atoms with Crippen molar-refractivity contribution in [3.63, 3.8) is 0 Å². The molecular formula is C12H19NO2. The van der Waals surface area contributed by atoms with Crippen LogP contribution in [-0.4, -0.2) is 23.2 Å². The lowest BCUT2D eigenvalue weighted by Crippen LogP contribution is -2.59. The quantitative estimate of drug-likeness (QED) is 0.692. The maximum atomic E-state index is 11.4. The molecule has 1 fully saturated rings. The second-order valence-electron chi connectivity index (χ2n) is 4.62. The van der Waals surface area contributed by atoms with Crippen molar-refractivity contribution in [1.82, 2.24) is 5.32 Å². The lowest BCUT2D eigenvalue weighted by atomic mass is 9.69. The Morgan fingerprint density at radius 3 is 2.80 bits per heavy atom. The molecule has 0 bridgehead atoms. The molecule has 0 spiro atoms. The number of carboxylic acid groups (broad SMARTS) is 1. The van der Waals surface area contributed by atoms with Gasteiger partial charge in [-0.1, -0.05) is 26.2 Å². The Labute approximate surface area is 91.3 Å². The van der Waals surface area contributed by atoms with Crippen molar-refractivity contribution in [2.24, 2.45) is 11.8 Å². The van der Waals surface area contributed by atoms with Gasteiger partial charge >= 0.3 is 5.97 Å². The van der Waals surface area contributed by atoms with Crippen LogP contribution in [0.3, 0.4) is 0 Å².